The van der Waals surface area contributed by atoms with Crippen LogP contribution < -0.4 is 16.3 Å². The fourth-order valence-electron chi connectivity index (χ4n) is 3.90. The predicted molar refractivity (Wildman–Crippen MR) is 95.6 cm³/mol. The molecule has 1 aliphatic heterocycles. The summed E-state index contributed by atoms with van der Waals surface area (Å²) >= 11 is 0. The van der Waals surface area contributed by atoms with E-state index in [4.69, 9.17) is 4.42 Å². The van der Waals surface area contributed by atoms with E-state index in [0.29, 0.717) is 17.5 Å². The lowest BCUT2D eigenvalue weighted by molar-refractivity contribution is -0.117. The molecule has 0 spiro atoms. The van der Waals surface area contributed by atoms with Crippen LogP contribution in [0.3, 0.4) is 0 Å². The van der Waals surface area contributed by atoms with Crippen molar-refractivity contribution < 1.29 is 9.21 Å². The summed E-state index contributed by atoms with van der Waals surface area (Å²) in [5.74, 6) is 0.668. The maximum Gasteiger partial charge on any atom is 0.336 e. The Balaban J connectivity index is 0.00000169. The van der Waals surface area contributed by atoms with E-state index in [1.54, 1.807) is 18.2 Å². The summed E-state index contributed by atoms with van der Waals surface area (Å²) < 4.78 is 5.10. The van der Waals surface area contributed by atoms with Crippen molar-refractivity contribution in [3.05, 3.63) is 40.8 Å². The largest absolute Gasteiger partial charge is 0.423 e. The fourth-order valence-corrected chi connectivity index (χ4v) is 3.90. The van der Waals surface area contributed by atoms with Crippen molar-refractivity contribution in [3.8, 4) is 0 Å². The van der Waals surface area contributed by atoms with Crippen LogP contribution in [0.2, 0.25) is 0 Å². The van der Waals surface area contributed by atoms with E-state index < -0.39 is 0 Å². The van der Waals surface area contributed by atoms with Crippen molar-refractivity contribution in [2.45, 2.75) is 44.2 Å². The van der Waals surface area contributed by atoms with Crippen molar-refractivity contribution in [1.29, 1.82) is 0 Å². The van der Waals surface area contributed by atoms with Gasteiger partial charge in [0, 0.05) is 23.2 Å². The van der Waals surface area contributed by atoms with Crippen molar-refractivity contribution in [2.24, 2.45) is 5.92 Å². The monoisotopic (exact) mass is 348 g/mol. The Bertz CT molecular complexity index is 790. The average Bonchev–Trinajstić information content (AvgIpc) is 2.99. The standard InChI is InChI=1S/C18H20N2O3.ClH/c21-17-8-5-12-9-13(6-7-16(12)23-17)19-18(22)15-10-11-3-1-2-4-14(11)20-15;/h5-9,11,14-15,20H,1-4,10H2,(H,19,22);1H. The molecule has 1 aromatic heterocycles. The highest BCUT2D eigenvalue weighted by Gasteiger charge is 2.38. The number of hydrogen-bond donors (Lipinski definition) is 2. The topological polar surface area (TPSA) is 71.3 Å². The quantitative estimate of drug-likeness (QED) is 0.818. The van der Waals surface area contributed by atoms with E-state index in [1.807, 2.05) is 6.07 Å². The summed E-state index contributed by atoms with van der Waals surface area (Å²) in [5, 5.41) is 7.27. The molecule has 1 aromatic carbocycles. The minimum Gasteiger partial charge on any atom is -0.423 e. The smallest absolute Gasteiger partial charge is 0.336 e. The zero-order valence-electron chi connectivity index (χ0n) is 13.3. The zero-order chi connectivity index (χ0) is 15.8. The Hall–Kier alpha value is -1.85. The third kappa shape index (κ3) is 3.32. The molecule has 5 nitrogen and oxygen atoms in total. The van der Waals surface area contributed by atoms with Gasteiger partial charge in [0.05, 0.1) is 6.04 Å². The molecule has 2 heterocycles. The summed E-state index contributed by atoms with van der Waals surface area (Å²) in [7, 11) is 0. The van der Waals surface area contributed by atoms with Crippen molar-refractivity contribution in [1.82, 2.24) is 5.32 Å². The van der Waals surface area contributed by atoms with Gasteiger partial charge in [0.25, 0.3) is 0 Å². The lowest BCUT2D eigenvalue weighted by atomic mass is 9.85. The lowest BCUT2D eigenvalue weighted by Gasteiger charge is -2.24. The molecule has 2 aliphatic rings. The number of carbonyl (C=O) groups is 1. The highest BCUT2D eigenvalue weighted by molar-refractivity contribution is 5.96. The maximum atomic E-state index is 12.5. The number of carbonyl (C=O) groups excluding carboxylic acids is 1. The molecule has 128 valence electrons. The Morgan fingerprint density at radius 3 is 2.83 bits per heavy atom. The number of rotatable bonds is 2. The molecule has 2 N–H and O–H groups in total. The minimum absolute atomic E-state index is 0. The van der Waals surface area contributed by atoms with Gasteiger partial charge in [0.1, 0.15) is 5.58 Å². The first-order valence-electron chi connectivity index (χ1n) is 8.30. The normalized spacial score (nSPS) is 25.8. The summed E-state index contributed by atoms with van der Waals surface area (Å²) in [4.78, 5) is 23.7. The van der Waals surface area contributed by atoms with Crippen molar-refractivity contribution >= 4 is 35.0 Å². The van der Waals surface area contributed by atoms with E-state index >= 15 is 0 Å². The lowest BCUT2D eigenvalue weighted by Crippen LogP contribution is -2.39. The Morgan fingerprint density at radius 1 is 1.17 bits per heavy atom. The first-order valence-corrected chi connectivity index (χ1v) is 8.30. The van der Waals surface area contributed by atoms with Crippen LogP contribution in [-0.2, 0) is 4.79 Å². The molecule has 24 heavy (non-hydrogen) atoms. The fraction of sp³-hybridized carbons (Fsp3) is 0.444. The molecule has 1 saturated carbocycles. The van der Waals surface area contributed by atoms with Gasteiger partial charge in [0.15, 0.2) is 0 Å². The molecular weight excluding hydrogens is 328 g/mol. The Morgan fingerprint density at radius 2 is 2.00 bits per heavy atom. The highest BCUT2D eigenvalue weighted by Crippen LogP contribution is 2.33. The van der Waals surface area contributed by atoms with Crippen molar-refractivity contribution in [3.63, 3.8) is 0 Å². The number of nitrogens with one attached hydrogen (secondary N) is 2. The van der Waals surface area contributed by atoms with E-state index in [2.05, 4.69) is 10.6 Å². The van der Waals surface area contributed by atoms with E-state index in [9.17, 15) is 9.59 Å². The second kappa shape index (κ2) is 6.95. The molecule has 0 bridgehead atoms. The van der Waals surface area contributed by atoms with Gasteiger partial charge in [-0.1, -0.05) is 12.8 Å². The number of anilines is 1. The van der Waals surface area contributed by atoms with Gasteiger partial charge in [-0.15, -0.1) is 12.4 Å². The zero-order valence-corrected chi connectivity index (χ0v) is 14.1. The SMILES string of the molecule is Cl.O=C(Nc1ccc2oc(=O)ccc2c1)C1CC2CCCCC2N1. The molecule has 6 heteroatoms. The molecule has 3 atom stereocenters. The third-order valence-electron chi connectivity index (χ3n) is 5.07. The van der Waals surface area contributed by atoms with E-state index in [1.165, 1.54) is 31.7 Å². The maximum absolute atomic E-state index is 12.5. The van der Waals surface area contributed by atoms with Crippen LogP contribution in [0.4, 0.5) is 5.69 Å². The van der Waals surface area contributed by atoms with E-state index in [-0.39, 0.29) is 30.0 Å². The van der Waals surface area contributed by atoms with Gasteiger partial charge in [-0.25, -0.2) is 4.79 Å². The second-order valence-electron chi connectivity index (χ2n) is 6.60. The van der Waals surface area contributed by atoms with Crippen LogP contribution >= 0.6 is 12.4 Å². The van der Waals surface area contributed by atoms with Crippen LogP contribution in [0.15, 0.2) is 39.5 Å². The molecule has 3 unspecified atom stereocenters. The molecule has 4 rings (SSSR count). The predicted octanol–water partition coefficient (Wildman–Crippen LogP) is 3.07. The number of fused-ring (bicyclic) bond motifs is 2. The summed E-state index contributed by atoms with van der Waals surface area (Å²) in [6.07, 6.45) is 5.89. The second-order valence-corrected chi connectivity index (χ2v) is 6.60. The highest BCUT2D eigenvalue weighted by atomic mass is 35.5. The summed E-state index contributed by atoms with van der Waals surface area (Å²) in [5.41, 5.74) is 0.889. The molecule has 1 saturated heterocycles. The molecule has 1 amide bonds. The number of halogens is 1. The number of hydrogen-bond acceptors (Lipinski definition) is 4. The van der Waals surface area contributed by atoms with Crippen LogP contribution in [-0.4, -0.2) is 18.0 Å². The van der Waals surface area contributed by atoms with Gasteiger partial charge in [-0.05, 0) is 49.4 Å². The molecule has 0 radical (unpaired) electrons. The van der Waals surface area contributed by atoms with Crippen LogP contribution in [0, 0.1) is 5.92 Å². The third-order valence-corrected chi connectivity index (χ3v) is 5.07. The molecular formula is C18H21ClN2O3. The summed E-state index contributed by atoms with van der Waals surface area (Å²) in [6, 6.07) is 8.81. The molecule has 2 fully saturated rings. The average molecular weight is 349 g/mol. The van der Waals surface area contributed by atoms with Crippen LogP contribution in [0.5, 0.6) is 0 Å². The first kappa shape index (κ1) is 17.0. The minimum atomic E-state index is -0.368. The van der Waals surface area contributed by atoms with Gasteiger partial charge in [0.2, 0.25) is 5.91 Å². The Labute approximate surface area is 146 Å². The van der Waals surface area contributed by atoms with E-state index in [0.717, 1.165) is 17.5 Å². The first-order chi connectivity index (χ1) is 11.2. The van der Waals surface area contributed by atoms with Gasteiger partial charge in [-0.2, -0.15) is 0 Å². The van der Waals surface area contributed by atoms with Crippen LogP contribution in [0.1, 0.15) is 32.1 Å². The van der Waals surface area contributed by atoms with Gasteiger partial charge >= 0.3 is 5.63 Å². The van der Waals surface area contributed by atoms with Gasteiger partial charge in [-0.3, -0.25) is 4.79 Å². The van der Waals surface area contributed by atoms with Crippen LogP contribution in [0.25, 0.3) is 11.0 Å². The summed E-state index contributed by atoms with van der Waals surface area (Å²) in [6.45, 7) is 0. The molecule has 1 aliphatic carbocycles. The number of amides is 1. The number of benzene rings is 1. The van der Waals surface area contributed by atoms with Crippen molar-refractivity contribution in [2.75, 3.05) is 5.32 Å². The Kier molecular flexibility index (Phi) is 4.92. The molecule has 2 aromatic rings. The van der Waals surface area contributed by atoms with Gasteiger partial charge < -0.3 is 15.1 Å².